The van der Waals surface area contributed by atoms with Crippen molar-refractivity contribution in [2.75, 3.05) is 33.3 Å². The Morgan fingerprint density at radius 3 is 2.43 bits per heavy atom. The molecule has 1 aromatic rings. The van der Waals surface area contributed by atoms with Gasteiger partial charge < -0.3 is 14.5 Å². The summed E-state index contributed by atoms with van der Waals surface area (Å²) in [6.07, 6.45) is 0.446. The van der Waals surface area contributed by atoms with Gasteiger partial charge in [-0.05, 0) is 31.9 Å². The lowest BCUT2D eigenvalue weighted by Gasteiger charge is -2.22. The number of carbonyl (C=O) groups excluding carboxylic acids is 2. The van der Waals surface area contributed by atoms with Crippen molar-refractivity contribution in [3.05, 3.63) is 34.9 Å². The number of aryl methyl sites for hydroxylation is 2. The molecule has 0 spiro atoms. The summed E-state index contributed by atoms with van der Waals surface area (Å²) in [7, 11) is 1.38. The molecule has 114 valence electrons. The fraction of sp³-hybridized carbons (Fsp3) is 0.500. The minimum absolute atomic E-state index is 0.0444. The number of nitrogens with zero attached hydrogens (tertiary/aromatic N) is 2. The molecule has 1 saturated heterocycles. The number of rotatable bonds is 1. The van der Waals surface area contributed by atoms with Crippen molar-refractivity contribution in [2.24, 2.45) is 0 Å². The SMILES string of the molecule is COC(=O)N1CCCN(C(=O)c2cc(C)ccc2C)CC1. The third-order valence-corrected chi connectivity index (χ3v) is 3.84. The number of methoxy groups -OCH3 is 1. The summed E-state index contributed by atoms with van der Waals surface area (Å²) in [6.45, 7) is 6.29. The molecule has 2 amide bonds. The van der Waals surface area contributed by atoms with Crippen molar-refractivity contribution in [1.29, 1.82) is 0 Å². The standard InChI is InChI=1S/C16H22N2O3/c1-12-5-6-13(2)14(11-12)15(19)17-7-4-8-18(10-9-17)16(20)21-3/h5-6,11H,4,7-10H2,1-3H3. The summed E-state index contributed by atoms with van der Waals surface area (Å²) in [5.74, 6) is 0.0444. The zero-order valence-corrected chi connectivity index (χ0v) is 12.9. The Hall–Kier alpha value is -2.04. The molecule has 0 unspecified atom stereocenters. The van der Waals surface area contributed by atoms with E-state index >= 15 is 0 Å². The van der Waals surface area contributed by atoms with Crippen LogP contribution in [0.1, 0.15) is 27.9 Å². The monoisotopic (exact) mass is 290 g/mol. The quantitative estimate of drug-likeness (QED) is 0.797. The molecule has 2 rings (SSSR count). The molecule has 1 fully saturated rings. The molecule has 0 aliphatic carbocycles. The molecule has 1 aromatic carbocycles. The molecular weight excluding hydrogens is 268 g/mol. The topological polar surface area (TPSA) is 49.9 Å². The second-order valence-electron chi connectivity index (χ2n) is 5.42. The Bertz CT molecular complexity index is 542. The summed E-state index contributed by atoms with van der Waals surface area (Å²) >= 11 is 0. The minimum Gasteiger partial charge on any atom is -0.453 e. The molecule has 5 nitrogen and oxygen atoms in total. The number of hydrogen-bond donors (Lipinski definition) is 0. The highest BCUT2D eigenvalue weighted by Crippen LogP contribution is 2.15. The largest absolute Gasteiger partial charge is 0.453 e. The number of hydrogen-bond acceptors (Lipinski definition) is 3. The first-order valence-electron chi connectivity index (χ1n) is 7.22. The zero-order valence-electron chi connectivity index (χ0n) is 12.9. The van der Waals surface area contributed by atoms with Crippen LogP contribution in [0.25, 0.3) is 0 Å². The second-order valence-corrected chi connectivity index (χ2v) is 5.42. The van der Waals surface area contributed by atoms with Gasteiger partial charge in [0.1, 0.15) is 0 Å². The molecule has 0 bridgehead atoms. The zero-order chi connectivity index (χ0) is 15.4. The van der Waals surface area contributed by atoms with Gasteiger partial charge in [-0.3, -0.25) is 4.79 Å². The Kier molecular flexibility index (Phi) is 4.83. The van der Waals surface area contributed by atoms with Crippen molar-refractivity contribution in [3.8, 4) is 0 Å². The highest BCUT2D eigenvalue weighted by molar-refractivity contribution is 5.95. The lowest BCUT2D eigenvalue weighted by atomic mass is 10.0. The number of carbonyl (C=O) groups is 2. The highest BCUT2D eigenvalue weighted by atomic mass is 16.5. The Balaban J connectivity index is 2.10. The maximum atomic E-state index is 12.7. The number of ether oxygens (including phenoxy) is 1. The van der Waals surface area contributed by atoms with Gasteiger partial charge in [0.05, 0.1) is 7.11 Å². The molecule has 1 aliphatic rings. The fourth-order valence-electron chi connectivity index (χ4n) is 2.57. The average Bonchev–Trinajstić information content (AvgIpc) is 2.74. The number of benzene rings is 1. The van der Waals surface area contributed by atoms with Gasteiger partial charge in [-0.25, -0.2) is 4.79 Å². The molecule has 5 heteroatoms. The van der Waals surface area contributed by atoms with Crippen molar-refractivity contribution in [1.82, 2.24) is 9.80 Å². The molecule has 1 heterocycles. The van der Waals surface area contributed by atoms with E-state index in [-0.39, 0.29) is 12.0 Å². The Morgan fingerprint density at radius 2 is 1.71 bits per heavy atom. The third kappa shape index (κ3) is 3.54. The lowest BCUT2D eigenvalue weighted by molar-refractivity contribution is 0.0756. The van der Waals surface area contributed by atoms with Gasteiger partial charge in [-0.1, -0.05) is 17.7 Å². The molecule has 0 radical (unpaired) electrons. The van der Waals surface area contributed by atoms with Gasteiger partial charge >= 0.3 is 6.09 Å². The van der Waals surface area contributed by atoms with Gasteiger partial charge in [0.15, 0.2) is 0 Å². The van der Waals surface area contributed by atoms with Crippen LogP contribution in [0.5, 0.6) is 0 Å². The van der Waals surface area contributed by atoms with E-state index in [2.05, 4.69) is 0 Å². The van der Waals surface area contributed by atoms with Gasteiger partial charge in [0.2, 0.25) is 0 Å². The normalized spacial score (nSPS) is 15.6. The van der Waals surface area contributed by atoms with E-state index in [4.69, 9.17) is 4.74 Å². The molecule has 0 N–H and O–H groups in total. The van der Waals surface area contributed by atoms with E-state index in [9.17, 15) is 9.59 Å². The van der Waals surface area contributed by atoms with Crippen molar-refractivity contribution >= 4 is 12.0 Å². The second kappa shape index (κ2) is 6.61. The van der Waals surface area contributed by atoms with E-state index in [1.807, 2.05) is 36.9 Å². The van der Waals surface area contributed by atoms with E-state index in [0.717, 1.165) is 23.1 Å². The first-order chi connectivity index (χ1) is 10.0. The third-order valence-electron chi connectivity index (χ3n) is 3.84. The van der Waals surface area contributed by atoms with Crippen LogP contribution in [0, 0.1) is 13.8 Å². The van der Waals surface area contributed by atoms with Crippen LogP contribution in [0.3, 0.4) is 0 Å². The minimum atomic E-state index is -0.323. The van der Waals surface area contributed by atoms with E-state index in [1.54, 1.807) is 4.90 Å². The summed E-state index contributed by atoms with van der Waals surface area (Å²) < 4.78 is 4.74. The van der Waals surface area contributed by atoms with Crippen molar-refractivity contribution in [2.45, 2.75) is 20.3 Å². The first kappa shape index (κ1) is 15.4. The summed E-state index contributed by atoms with van der Waals surface area (Å²) in [6, 6.07) is 5.91. The maximum Gasteiger partial charge on any atom is 0.409 e. The average molecular weight is 290 g/mol. The summed E-state index contributed by atoms with van der Waals surface area (Å²) in [5.41, 5.74) is 2.82. The van der Waals surface area contributed by atoms with Crippen molar-refractivity contribution < 1.29 is 14.3 Å². The van der Waals surface area contributed by atoms with E-state index in [1.165, 1.54) is 7.11 Å². The van der Waals surface area contributed by atoms with Crippen LogP contribution in [-0.4, -0.2) is 55.1 Å². The molecule has 21 heavy (non-hydrogen) atoms. The predicted octanol–water partition coefficient (Wildman–Crippen LogP) is 2.22. The van der Waals surface area contributed by atoms with Gasteiger partial charge in [0.25, 0.3) is 5.91 Å². The van der Waals surface area contributed by atoms with Crippen LogP contribution in [0.15, 0.2) is 18.2 Å². The first-order valence-corrected chi connectivity index (χ1v) is 7.22. The van der Waals surface area contributed by atoms with E-state index < -0.39 is 0 Å². The summed E-state index contributed by atoms with van der Waals surface area (Å²) in [4.78, 5) is 27.7. The van der Waals surface area contributed by atoms with Crippen LogP contribution in [0.2, 0.25) is 0 Å². The Labute approximate surface area is 125 Å². The molecular formula is C16H22N2O3. The van der Waals surface area contributed by atoms with Gasteiger partial charge in [0, 0.05) is 31.7 Å². The van der Waals surface area contributed by atoms with E-state index in [0.29, 0.717) is 26.2 Å². The molecule has 0 atom stereocenters. The lowest BCUT2D eigenvalue weighted by Crippen LogP contribution is -2.37. The summed E-state index contributed by atoms with van der Waals surface area (Å²) in [5, 5.41) is 0. The van der Waals surface area contributed by atoms with Gasteiger partial charge in [-0.2, -0.15) is 0 Å². The fourth-order valence-corrected chi connectivity index (χ4v) is 2.57. The van der Waals surface area contributed by atoms with Gasteiger partial charge in [-0.15, -0.1) is 0 Å². The predicted molar refractivity (Wildman–Crippen MR) is 80.4 cm³/mol. The number of amides is 2. The molecule has 0 saturated carbocycles. The smallest absolute Gasteiger partial charge is 0.409 e. The maximum absolute atomic E-state index is 12.7. The molecule has 1 aliphatic heterocycles. The highest BCUT2D eigenvalue weighted by Gasteiger charge is 2.23. The van der Waals surface area contributed by atoms with Crippen LogP contribution < -0.4 is 0 Å². The van der Waals surface area contributed by atoms with Crippen LogP contribution >= 0.6 is 0 Å². The van der Waals surface area contributed by atoms with Crippen molar-refractivity contribution in [3.63, 3.8) is 0 Å². The Morgan fingerprint density at radius 1 is 1.05 bits per heavy atom. The van der Waals surface area contributed by atoms with Crippen LogP contribution in [-0.2, 0) is 4.74 Å². The molecule has 0 aromatic heterocycles. The van der Waals surface area contributed by atoms with Crippen LogP contribution in [0.4, 0.5) is 4.79 Å².